The van der Waals surface area contributed by atoms with Crippen molar-refractivity contribution >= 4 is 43.6 Å². The van der Waals surface area contributed by atoms with Gasteiger partial charge in [-0.1, -0.05) is 174 Å². The zero-order valence-electron chi connectivity index (χ0n) is 36.7. The fourth-order valence-electron chi connectivity index (χ4n) is 10.7. The van der Waals surface area contributed by atoms with Crippen LogP contribution in [-0.4, -0.2) is 24.1 Å². The Morgan fingerprint density at radius 1 is 0.359 bits per heavy atom. The molecular formula is C59H47N5. The number of para-hydroxylation sites is 2. The molecule has 8 aromatic carbocycles. The van der Waals surface area contributed by atoms with E-state index >= 15 is 0 Å². The van der Waals surface area contributed by atoms with Gasteiger partial charge in [-0.15, -0.1) is 0 Å². The number of aromatic nitrogens is 5. The average Bonchev–Trinajstić information content (AvgIpc) is 3.91. The van der Waals surface area contributed by atoms with Crippen molar-refractivity contribution in [2.24, 2.45) is 5.92 Å². The molecule has 0 aliphatic heterocycles. The molecule has 3 heterocycles. The van der Waals surface area contributed by atoms with Crippen molar-refractivity contribution in [3.8, 4) is 56.7 Å². The van der Waals surface area contributed by atoms with Gasteiger partial charge in [-0.05, 0) is 87.5 Å². The second-order valence-electron chi connectivity index (χ2n) is 18.6. The molecule has 1 unspecified atom stereocenters. The van der Waals surface area contributed by atoms with Crippen molar-refractivity contribution < 1.29 is 0 Å². The second kappa shape index (κ2) is 14.2. The molecule has 0 radical (unpaired) electrons. The molecule has 0 spiro atoms. The Labute approximate surface area is 373 Å². The van der Waals surface area contributed by atoms with E-state index in [2.05, 4.69) is 208 Å². The highest BCUT2D eigenvalue weighted by molar-refractivity contribution is 6.23. The Kier molecular flexibility index (Phi) is 8.45. The highest BCUT2D eigenvalue weighted by Gasteiger charge is 2.48. The van der Waals surface area contributed by atoms with Crippen LogP contribution in [0.2, 0.25) is 0 Å². The van der Waals surface area contributed by atoms with Gasteiger partial charge in [0.2, 0.25) is 0 Å². The lowest BCUT2D eigenvalue weighted by atomic mass is 9.71. The minimum atomic E-state index is 0.0354. The first-order valence-corrected chi connectivity index (χ1v) is 22.4. The van der Waals surface area contributed by atoms with Gasteiger partial charge < -0.3 is 9.13 Å². The van der Waals surface area contributed by atoms with Crippen LogP contribution in [0, 0.1) is 5.92 Å². The molecule has 1 aliphatic rings. The summed E-state index contributed by atoms with van der Waals surface area (Å²) in [5.41, 5.74) is 15.2. The lowest BCUT2D eigenvalue weighted by Crippen LogP contribution is -2.30. The van der Waals surface area contributed by atoms with E-state index in [0.29, 0.717) is 23.4 Å². The monoisotopic (exact) mass is 825 g/mol. The van der Waals surface area contributed by atoms with Crippen LogP contribution in [0.15, 0.2) is 188 Å². The topological polar surface area (TPSA) is 48.5 Å². The molecule has 5 heteroatoms. The molecule has 0 saturated heterocycles. The minimum absolute atomic E-state index is 0.0354. The van der Waals surface area contributed by atoms with Crippen LogP contribution >= 0.6 is 0 Å². The van der Waals surface area contributed by atoms with E-state index in [-0.39, 0.29) is 10.8 Å². The zero-order chi connectivity index (χ0) is 43.3. The maximum atomic E-state index is 5.12. The Bertz CT molecular complexity index is 3600. The molecule has 308 valence electrons. The van der Waals surface area contributed by atoms with Crippen LogP contribution in [0.5, 0.6) is 0 Å². The van der Waals surface area contributed by atoms with Crippen molar-refractivity contribution in [1.82, 2.24) is 24.1 Å². The fraction of sp³-hybridized carbons (Fsp3) is 0.136. The Balaban J connectivity index is 1.04. The summed E-state index contributed by atoms with van der Waals surface area (Å²) in [5.74, 6) is 2.41. The summed E-state index contributed by atoms with van der Waals surface area (Å²) in [6.45, 7) is 12.1. The molecule has 12 rings (SSSR count). The number of fused-ring (bicyclic) bond motifs is 8. The number of hydrogen-bond donors (Lipinski definition) is 0. The number of nitrogens with zero attached hydrogens (tertiary/aromatic N) is 5. The van der Waals surface area contributed by atoms with E-state index in [1.807, 2.05) is 24.3 Å². The van der Waals surface area contributed by atoms with Crippen LogP contribution in [0.1, 0.15) is 45.7 Å². The van der Waals surface area contributed by atoms with Gasteiger partial charge in [0.05, 0.1) is 22.1 Å². The van der Waals surface area contributed by atoms with Crippen LogP contribution < -0.4 is 0 Å². The smallest absolute Gasteiger partial charge is 0.164 e. The molecule has 0 N–H and O–H groups in total. The van der Waals surface area contributed by atoms with Gasteiger partial charge in [0.25, 0.3) is 0 Å². The van der Waals surface area contributed by atoms with Crippen molar-refractivity contribution in [3.05, 3.63) is 199 Å². The van der Waals surface area contributed by atoms with Crippen molar-refractivity contribution in [3.63, 3.8) is 0 Å². The first kappa shape index (κ1) is 38.1. The molecule has 3 aromatic heterocycles. The zero-order valence-corrected chi connectivity index (χ0v) is 36.7. The van der Waals surface area contributed by atoms with Gasteiger partial charge in [0.1, 0.15) is 0 Å². The van der Waals surface area contributed by atoms with Crippen LogP contribution in [0.3, 0.4) is 0 Å². The Hall–Kier alpha value is -7.63. The molecule has 0 bridgehead atoms. The lowest BCUT2D eigenvalue weighted by Gasteiger charge is -2.32. The quantitative estimate of drug-likeness (QED) is 0.168. The third kappa shape index (κ3) is 5.73. The predicted octanol–water partition coefficient (Wildman–Crippen LogP) is 14.9. The van der Waals surface area contributed by atoms with Gasteiger partial charge in [-0.2, -0.15) is 0 Å². The van der Waals surface area contributed by atoms with Gasteiger partial charge in [-0.3, -0.25) is 0 Å². The van der Waals surface area contributed by atoms with E-state index in [0.717, 1.165) is 33.5 Å². The Morgan fingerprint density at radius 2 is 0.750 bits per heavy atom. The van der Waals surface area contributed by atoms with Crippen LogP contribution in [0.4, 0.5) is 0 Å². The molecule has 1 atom stereocenters. The van der Waals surface area contributed by atoms with E-state index in [9.17, 15) is 0 Å². The molecule has 5 nitrogen and oxygen atoms in total. The molecule has 11 aromatic rings. The van der Waals surface area contributed by atoms with Gasteiger partial charge in [0, 0.05) is 49.6 Å². The van der Waals surface area contributed by atoms with Crippen LogP contribution in [-0.2, 0) is 10.8 Å². The van der Waals surface area contributed by atoms with E-state index in [4.69, 9.17) is 15.0 Å². The van der Waals surface area contributed by atoms with Crippen molar-refractivity contribution in [1.29, 1.82) is 0 Å². The Morgan fingerprint density at radius 3 is 1.30 bits per heavy atom. The molecule has 1 aliphatic carbocycles. The second-order valence-corrected chi connectivity index (χ2v) is 18.6. The number of benzene rings is 8. The molecule has 64 heavy (non-hydrogen) atoms. The molecule has 0 fully saturated rings. The number of rotatable bonds is 6. The van der Waals surface area contributed by atoms with Gasteiger partial charge in [0.15, 0.2) is 17.5 Å². The molecule has 0 amide bonds. The average molecular weight is 826 g/mol. The third-order valence-electron chi connectivity index (χ3n) is 14.6. The summed E-state index contributed by atoms with van der Waals surface area (Å²) in [5, 5.41) is 4.92. The van der Waals surface area contributed by atoms with Crippen molar-refractivity contribution in [2.45, 2.75) is 45.4 Å². The predicted molar refractivity (Wildman–Crippen MR) is 265 cm³/mol. The number of hydrogen-bond acceptors (Lipinski definition) is 3. The summed E-state index contributed by atoms with van der Waals surface area (Å²) in [6, 6.07) is 67.4. The highest BCUT2D eigenvalue weighted by Crippen LogP contribution is 2.54. The molecule has 0 saturated carbocycles. The third-order valence-corrected chi connectivity index (χ3v) is 14.6. The van der Waals surface area contributed by atoms with E-state index < -0.39 is 0 Å². The van der Waals surface area contributed by atoms with Gasteiger partial charge >= 0.3 is 0 Å². The summed E-state index contributed by atoms with van der Waals surface area (Å²) >= 11 is 0. The van der Waals surface area contributed by atoms with E-state index in [1.165, 1.54) is 60.5 Å². The van der Waals surface area contributed by atoms with Crippen LogP contribution in [0.25, 0.3) is 100 Å². The van der Waals surface area contributed by atoms with E-state index in [1.54, 1.807) is 0 Å². The highest BCUT2D eigenvalue weighted by atomic mass is 15.1. The standard InChI is InChI=1S/C59H47N5/c1-37-58(2,3)49-35-32-44(36-50(49)59(37,4)5)64-52-23-15-13-21-46(52)48-34-33-47-45-20-12-14-22-51(45)63(53(47)54(48)64)43-30-28-42(29-31-43)57-61-55(40-18-10-7-11-19-40)60-56(62-57)41-26-24-39(25-27-41)38-16-8-6-9-17-38/h6-37H,1-5H3. The lowest BCUT2D eigenvalue weighted by molar-refractivity contribution is 0.264. The first-order chi connectivity index (χ1) is 31.2. The maximum absolute atomic E-state index is 5.12. The largest absolute Gasteiger partial charge is 0.307 e. The normalized spacial score (nSPS) is 15.4. The summed E-state index contributed by atoms with van der Waals surface area (Å²) in [6.07, 6.45) is 0. The summed E-state index contributed by atoms with van der Waals surface area (Å²) < 4.78 is 4.98. The SMILES string of the molecule is CC1C(C)(C)c2ccc(-n3c4ccccc4c4ccc5c6ccccc6n(-c6ccc(-c7nc(-c8ccccc8)nc(-c8ccc(-c9ccccc9)cc8)n7)cc6)c5c43)cc2C1(C)C. The first-order valence-electron chi connectivity index (χ1n) is 22.4. The maximum Gasteiger partial charge on any atom is 0.164 e. The fourth-order valence-corrected chi connectivity index (χ4v) is 10.7. The van der Waals surface area contributed by atoms with Crippen molar-refractivity contribution in [2.75, 3.05) is 0 Å². The molecular weight excluding hydrogens is 779 g/mol. The summed E-state index contributed by atoms with van der Waals surface area (Å²) in [4.78, 5) is 15.2. The summed E-state index contributed by atoms with van der Waals surface area (Å²) in [7, 11) is 0. The minimum Gasteiger partial charge on any atom is -0.307 e. The van der Waals surface area contributed by atoms with Gasteiger partial charge in [-0.25, -0.2) is 15.0 Å².